The monoisotopic (exact) mass is 508 g/mol. The Morgan fingerprint density at radius 3 is 2.35 bits per heavy atom. The van der Waals surface area contributed by atoms with Crippen molar-refractivity contribution in [2.24, 2.45) is 4.99 Å². The molecule has 2 N–H and O–H groups in total. The summed E-state index contributed by atoms with van der Waals surface area (Å²) in [5, 5.41) is 6.01. The minimum Gasteiger partial charge on any atom is -0.358 e. The quantitative estimate of drug-likeness (QED) is 0.296. The molecule has 2 heterocycles. The van der Waals surface area contributed by atoms with E-state index in [1.54, 1.807) is 31.6 Å². The zero-order valence-corrected chi connectivity index (χ0v) is 21.7. The number of nitrogens with zero attached hydrogens (tertiary/aromatic N) is 4. The second kappa shape index (κ2) is 11.8. The van der Waals surface area contributed by atoms with Crippen molar-refractivity contribution in [3.05, 3.63) is 89.3 Å². The van der Waals surface area contributed by atoms with Crippen LogP contribution in [-0.4, -0.2) is 28.2 Å². The summed E-state index contributed by atoms with van der Waals surface area (Å²) in [7, 11) is 1.64. The van der Waals surface area contributed by atoms with E-state index in [2.05, 4.69) is 37.2 Å². The number of pyridine rings is 1. The summed E-state index contributed by atoms with van der Waals surface area (Å²) < 4.78 is 44.5. The van der Waals surface area contributed by atoms with E-state index in [-0.39, 0.29) is 17.5 Å². The summed E-state index contributed by atoms with van der Waals surface area (Å²) in [6, 6.07) is 3.92. The molecule has 3 aromatic rings. The van der Waals surface area contributed by atoms with Crippen molar-refractivity contribution in [2.75, 3.05) is 17.7 Å². The Morgan fingerprint density at radius 2 is 1.76 bits per heavy atom. The topological polar surface area (TPSA) is 75.1 Å². The van der Waals surface area contributed by atoms with Crippen molar-refractivity contribution >= 4 is 17.9 Å². The molecule has 0 unspecified atom stereocenters. The first-order valence-electron chi connectivity index (χ1n) is 11.8. The molecule has 9 heteroatoms. The van der Waals surface area contributed by atoms with Crippen molar-refractivity contribution < 1.29 is 13.2 Å². The van der Waals surface area contributed by atoms with E-state index in [0.717, 1.165) is 12.1 Å². The fourth-order valence-electron chi connectivity index (χ4n) is 3.76. The molecular formula is C28H31F3N6. The van der Waals surface area contributed by atoms with Crippen molar-refractivity contribution in [3.8, 4) is 11.1 Å². The number of allylic oxidation sites excluding steroid dienone is 3. The molecule has 0 saturated carbocycles. The van der Waals surface area contributed by atoms with Gasteiger partial charge in [0.25, 0.3) is 0 Å². The molecule has 1 aromatic carbocycles. The Hall–Kier alpha value is -4.01. The lowest BCUT2D eigenvalue weighted by molar-refractivity contribution is 0.219. The van der Waals surface area contributed by atoms with Crippen molar-refractivity contribution in [1.29, 1.82) is 0 Å². The molecule has 2 aromatic heterocycles. The Bertz CT molecular complexity index is 1320. The Labute approximate surface area is 215 Å². The van der Waals surface area contributed by atoms with E-state index >= 15 is 0 Å². The second-order valence-corrected chi connectivity index (χ2v) is 8.92. The highest BCUT2D eigenvalue weighted by atomic mass is 19.1. The summed E-state index contributed by atoms with van der Waals surface area (Å²) in [5.74, 6) is -0.907. The second-order valence-electron chi connectivity index (χ2n) is 8.92. The van der Waals surface area contributed by atoms with Crippen LogP contribution in [0.5, 0.6) is 0 Å². The van der Waals surface area contributed by atoms with Gasteiger partial charge in [-0.2, -0.15) is 0 Å². The van der Waals surface area contributed by atoms with E-state index in [9.17, 15) is 13.2 Å². The van der Waals surface area contributed by atoms with Crippen LogP contribution >= 0.6 is 0 Å². The number of aliphatic imine (C=N–C) groups is 1. The van der Waals surface area contributed by atoms with Gasteiger partial charge in [-0.1, -0.05) is 19.6 Å². The maximum absolute atomic E-state index is 15.0. The molecule has 0 saturated heterocycles. The van der Waals surface area contributed by atoms with Crippen LogP contribution in [0.25, 0.3) is 11.1 Å². The van der Waals surface area contributed by atoms with Crippen molar-refractivity contribution in [1.82, 2.24) is 15.0 Å². The van der Waals surface area contributed by atoms with Gasteiger partial charge in [-0.05, 0) is 51.0 Å². The van der Waals surface area contributed by atoms with Crippen LogP contribution in [0, 0.1) is 11.6 Å². The molecule has 0 atom stereocenters. The van der Waals surface area contributed by atoms with Gasteiger partial charge in [-0.15, -0.1) is 0 Å². The maximum atomic E-state index is 15.0. The lowest BCUT2D eigenvalue weighted by Crippen LogP contribution is -2.14. The van der Waals surface area contributed by atoms with Gasteiger partial charge in [0, 0.05) is 60.2 Å². The molecule has 0 spiro atoms. The summed E-state index contributed by atoms with van der Waals surface area (Å²) in [6.07, 6.45) is 8.45. The molecule has 0 aliphatic heterocycles. The molecule has 0 amide bonds. The lowest BCUT2D eigenvalue weighted by atomic mass is 9.96. The first kappa shape index (κ1) is 27.6. The van der Waals surface area contributed by atoms with Gasteiger partial charge in [0.1, 0.15) is 17.3 Å². The van der Waals surface area contributed by atoms with Crippen LogP contribution in [0.15, 0.2) is 65.8 Å². The minimum absolute atomic E-state index is 0.0252. The Morgan fingerprint density at radius 1 is 1.05 bits per heavy atom. The van der Waals surface area contributed by atoms with Gasteiger partial charge in [0.2, 0.25) is 5.95 Å². The van der Waals surface area contributed by atoms with Crippen LogP contribution < -0.4 is 10.6 Å². The van der Waals surface area contributed by atoms with Crippen molar-refractivity contribution in [2.45, 2.75) is 46.2 Å². The third kappa shape index (κ3) is 7.03. The SMILES string of the molecule is C=C(Cc1cc(F)c(-c2cnc(NC(/C=N\C)=C/C)nc2)cc1F)Nc1cnc(CC)c(C(C)(C)F)c1. The molecule has 0 aliphatic rings. The number of halogens is 3. The maximum Gasteiger partial charge on any atom is 0.227 e. The van der Waals surface area contributed by atoms with Gasteiger partial charge < -0.3 is 10.6 Å². The lowest BCUT2D eigenvalue weighted by Gasteiger charge is -2.20. The van der Waals surface area contributed by atoms with Crippen LogP contribution in [0.1, 0.15) is 44.5 Å². The summed E-state index contributed by atoms with van der Waals surface area (Å²) >= 11 is 0. The first-order chi connectivity index (χ1) is 17.5. The van der Waals surface area contributed by atoms with Gasteiger partial charge in [0.05, 0.1) is 17.6 Å². The highest BCUT2D eigenvalue weighted by Crippen LogP contribution is 2.30. The molecule has 6 nitrogen and oxygen atoms in total. The largest absolute Gasteiger partial charge is 0.358 e. The average Bonchev–Trinajstić information content (AvgIpc) is 2.85. The molecule has 0 fully saturated rings. The number of rotatable bonds is 10. The average molecular weight is 509 g/mol. The fraction of sp³-hybridized carbons (Fsp3) is 0.286. The highest BCUT2D eigenvalue weighted by Gasteiger charge is 2.23. The minimum atomic E-state index is -1.57. The van der Waals surface area contributed by atoms with E-state index in [1.807, 2.05) is 13.8 Å². The smallest absolute Gasteiger partial charge is 0.227 e. The molecule has 37 heavy (non-hydrogen) atoms. The van der Waals surface area contributed by atoms with Crippen molar-refractivity contribution in [3.63, 3.8) is 0 Å². The van der Waals surface area contributed by atoms with E-state index < -0.39 is 17.3 Å². The van der Waals surface area contributed by atoms with Crippen LogP contribution in [-0.2, 0) is 18.5 Å². The predicted octanol–water partition coefficient (Wildman–Crippen LogP) is 6.77. The molecule has 0 aliphatic carbocycles. The Balaban J connectivity index is 1.75. The van der Waals surface area contributed by atoms with Crippen LogP contribution in [0.2, 0.25) is 0 Å². The highest BCUT2D eigenvalue weighted by molar-refractivity contribution is 5.82. The standard InChI is InChI=1S/C28H31F3N6/c1-7-20(15-32-6)37-27-34-13-19(14-35-27)22-12-24(29)18(10-25(22)30)9-17(3)36-21-11-23(28(4,5)31)26(8-2)33-16-21/h7,10-16,36H,3,8-9H2,1-2,4-6H3,(H,34,35,37)/b20-7+,32-15-. The molecular weight excluding hydrogens is 477 g/mol. The molecule has 194 valence electrons. The van der Waals surface area contributed by atoms with E-state index in [4.69, 9.17) is 0 Å². The molecule has 3 rings (SSSR count). The number of hydrogen-bond acceptors (Lipinski definition) is 6. The third-order valence-electron chi connectivity index (χ3n) is 5.60. The van der Waals surface area contributed by atoms with Gasteiger partial charge in [0.15, 0.2) is 0 Å². The number of nitrogens with one attached hydrogen (secondary N) is 2. The normalized spacial score (nSPS) is 12.2. The number of aromatic nitrogens is 3. The van der Waals surface area contributed by atoms with Gasteiger partial charge in [-0.3, -0.25) is 9.98 Å². The third-order valence-corrected chi connectivity index (χ3v) is 5.60. The van der Waals surface area contributed by atoms with Gasteiger partial charge >= 0.3 is 0 Å². The summed E-state index contributed by atoms with van der Waals surface area (Å²) in [6.45, 7) is 10.6. The summed E-state index contributed by atoms with van der Waals surface area (Å²) in [4.78, 5) is 16.6. The zero-order chi connectivity index (χ0) is 27.2. The number of hydrogen-bond donors (Lipinski definition) is 2. The molecule has 0 radical (unpaired) electrons. The zero-order valence-electron chi connectivity index (χ0n) is 21.7. The first-order valence-corrected chi connectivity index (χ1v) is 11.8. The van der Waals surface area contributed by atoms with Crippen LogP contribution in [0.4, 0.5) is 24.8 Å². The number of alkyl halides is 1. The molecule has 0 bridgehead atoms. The Kier molecular flexibility index (Phi) is 8.81. The predicted molar refractivity (Wildman–Crippen MR) is 143 cm³/mol. The summed E-state index contributed by atoms with van der Waals surface area (Å²) in [5.41, 5.74) is 1.70. The van der Waals surface area contributed by atoms with E-state index in [0.29, 0.717) is 46.3 Å². The number of benzene rings is 1. The fourth-order valence-corrected chi connectivity index (χ4v) is 3.76. The van der Waals surface area contributed by atoms with Gasteiger partial charge in [-0.25, -0.2) is 23.1 Å². The number of anilines is 2. The number of aryl methyl sites for hydroxylation is 1. The van der Waals surface area contributed by atoms with E-state index in [1.165, 1.54) is 26.2 Å². The van der Waals surface area contributed by atoms with Crippen LogP contribution in [0.3, 0.4) is 0 Å².